The van der Waals surface area contributed by atoms with E-state index >= 15 is 0 Å². The molecule has 5 nitrogen and oxygen atoms in total. The van der Waals surface area contributed by atoms with Crippen molar-refractivity contribution in [1.82, 2.24) is 15.2 Å². The smallest absolute Gasteiger partial charge is 0.245 e. The minimum atomic E-state index is 0.207. The number of rotatable bonds is 2. The Morgan fingerprint density at radius 1 is 1.45 bits per heavy atom. The molecular formula is C13H15ClIN5. The van der Waals surface area contributed by atoms with E-state index in [-0.39, 0.29) is 6.04 Å². The van der Waals surface area contributed by atoms with Gasteiger partial charge in [-0.3, -0.25) is 5.10 Å². The number of piperidine rings is 1. The summed E-state index contributed by atoms with van der Waals surface area (Å²) in [5.74, 6) is 1.45. The number of halogens is 2. The second-order valence-electron chi connectivity index (χ2n) is 4.96. The molecule has 1 aliphatic heterocycles. The molecule has 106 valence electrons. The van der Waals surface area contributed by atoms with Crippen LogP contribution in [-0.4, -0.2) is 34.3 Å². The monoisotopic (exact) mass is 403 g/mol. The fourth-order valence-corrected chi connectivity index (χ4v) is 2.87. The largest absolute Gasteiger partial charge is 0.338 e. The Morgan fingerprint density at radius 3 is 3.05 bits per heavy atom. The average molecular weight is 404 g/mol. The maximum Gasteiger partial charge on any atom is 0.245 e. The Hall–Kier alpha value is -0.860. The van der Waals surface area contributed by atoms with Crippen molar-refractivity contribution in [1.29, 1.82) is 0 Å². The van der Waals surface area contributed by atoms with Crippen LogP contribution in [0.3, 0.4) is 0 Å². The van der Waals surface area contributed by atoms with E-state index in [4.69, 9.17) is 17.3 Å². The van der Waals surface area contributed by atoms with Gasteiger partial charge in [0.2, 0.25) is 5.95 Å². The zero-order valence-electron chi connectivity index (χ0n) is 10.8. The van der Waals surface area contributed by atoms with E-state index in [2.05, 4.69) is 42.7 Å². The molecule has 1 unspecified atom stereocenters. The van der Waals surface area contributed by atoms with Crippen molar-refractivity contribution in [2.75, 3.05) is 18.0 Å². The van der Waals surface area contributed by atoms with Crippen LogP contribution in [0.1, 0.15) is 12.8 Å². The van der Waals surface area contributed by atoms with Gasteiger partial charge in [0.1, 0.15) is 0 Å². The van der Waals surface area contributed by atoms with Gasteiger partial charge in [-0.15, -0.1) is 5.10 Å². The summed E-state index contributed by atoms with van der Waals surface area (Å²) in [6, 6.07) is 6.06. The number of nitrogens with zero attached hydrogens (tertiary/aromatic N) is 3. The van der Waals surface area contributed by atoms with Gasteiger partial charge in [0.15, 0.2) is 5.82 Å². The number of hydrogen-bond donors (Lipinski definition) is 2. The topological polar surface area (TPSA) is 70.8 Å². The summed E-state index contributed by atoms with van der Waals surface area (Å²) in [5.41, 5.74) is 6.93. The van der Waals surface area contributed by atoms with E-state index in [0.29, 0.717) is 5.95 Å². The summed E-state index contributed by atoms with van der Waals surface area (Å²) < 4.78 is 1.02. The minimum Gasteiger partial charge on any atom is -0.338 e. The minimum absolute atomic E-state index is 0.207. The molecule has 1 saturated heterocycles. The lowest BCUT2D eigenvalue weighted by molar-refractivity contribution is 0.500. The highest BCUT2D eigenvalue weighted by Crippen LogP contribution is 2.25. The Bertz CT molecular complexity index is 615. The average Bonchev–Trinajstić information content (AvgIpc) is 2.92. The molecule has 3 N–H and O–H groups in total. The molecule has 2 heterocycles. The van der Waals surface area contributed by atoms with E-state index in [9.17, 15) is 0 Å². The summed E-state index contributed by atoms with van der Waals surface area (Å²) in [4.78, 5) is 6.68. The molecular weight excluding hydrogens is 389 g/mol. The van der Waals surface area contributed by atoms with Crippen molar-refractivity contribution >= 4 is 40.1 Å². The molecule has 7 heteroatoms. The number of aromatic nitrogens is 3. The number of benzene rings is 1. The second kappa shape index (κ2) is 5.87. The van der Waals surface area contributed by atoms with Crippen LogP contribution >= 0.6 is 34.2 Å². The van der Waals surface area contributed by atoms with Gasteiger partial charge >= 0.3 is 0 Å². The van der Waals surface area contributed by atoms with Crippen molar-refractivity contribution in [3.8, 4) is 11.4 Å². The first-order valence-electron chi connectivity index (χ1n) is 6.52. The predicted molar refractivity (Wildman–Crippen MR) is 89.0 cm³/mol. The molecule has 1 aliphatic rings. The molecule has 20 heavy (non-hydrogen) atoms. The molecule has 1 fully saturated rings. The molecule has 0 amide bonds. The van der Waals surface area contributed by atoms with E-state index in [1.165, 1.54) is 0 Å². The van der Waals surface area contributed by atoms with Crippen LogP contribution in [0.25, 0.3) is 11.4 Å². The number of H-pyrrole nitrogens is 1. The molecule has 1 aromatic heterocycles. The fourth-order valence-electron chi connectivity index (χ4n) is 2.36. The maximum absolute atomic E-state index is 6.14. The van der Waals surface area contributed by atoms with Crippen LogP contribution in [0.2, 0.25) is 5.02 Å². The third-order valence-corrected chi connectivity index (χ3v) is 4.98. The summed E-state index contributed by atoms with van der Waals surface area (Å²) in [6.07, 6.45) is 2.15. The van der Waals surface area contributed by atoms with E-state index < -0.39 is 0 Å². The van der Waals surface area contributed by atoms with Crippen LogP contribution in [0, 0.1) is 3.57 Å². The molecule has 0 saturated carbocycles. The number of anilines is 1. The Kier molecular flexibility index (Phi) is 4.13. The molecule has 3 rings (SSSR count). The highest BCUT2D eigenvalue weighted by atomic mass is 127. The number of nitrogens with one attached hydrogen (secondary N) is 1. The van der Waals surface area contributed by atoms with Crippen LogP contribution in [0.5, 0.6) is 0 Å². The van der Waals surface area contributed by atoms with Gasteiger partial charge in [0.05, 0.1) is 5.02 Å². The third-order valence-electron chi connectivity index (χ3n) is 3.41. The lowest BCUT2D eigenvalue weighted by atomic mass is 10.1. The van der Waals surface area contributed by atoms with E-state index in [0.717, 1.165) is 45.9 Å². The number of nitrogens with two attached hydrogens (primary N) is 1. The zero-order valence-corrected chi connectivity index (χ0v) is 13.7. The predicted octanol–water partition coefficient (Wildman–Crippen LogP) is 2.66. The van der Waals surface area contributed by atoms with Gasteiger partial charge in [-0.1, -0.05) is 17.7 Å². The lowest BCUT2D eigenvalue weighted by Crippen LogP contribution is -2.43. The van der Waals surface area contributed by atoms with Crippen LogP contribution in [0.15, 0.2) is 18.2 Å². The third kappa shape index (κ3) is 2.91. The van der Waals surface area contributed by atoms with Gasteiger partial charge < -0.3 is 10.6 Å². The van der Waals surface area contributed by atoms with Crippen LogP contribution < -0.4 is 10.6 Å². The standard InChI is InChI=1S/C13H15ClIN5/c14-10-6-8(3-4-11(10)15)12-17-13(19-18-12)20-5-1-2-9(16)7-20/h3-4,6,9H,1-2,5,7,16H2,(H,17,18,19). The van der Waals surface area contributed by atoms with Gasteiger partial charge in [-0.25, -0.2) is 0 Å². The van der Waals surface area contributed by atoms with Crippen molar-refractivity contribution in [3.05, 3.63) is 26.8 Å². The van der Waals surface area contributed by atoms with Gasteiger partial charge in [-0.05, 0) is 47.6 Å². The molecule has 0 bridgehead atoms. The molecule has 2 aromatic rings. The maximum atomic E-state index is 6.14. The second-order valence-corrected chi connectivity index (χ2v) is 6.53. The first kappa shape index (κ1) is 14.1. The van der Waals surface area contributed by atoms with Crippen molar-refractivity contribution in [2.45, 2.75) is 18.9 Å². The Morgan fingerprint density at radius 2 is 2.30 bits per heavy atom. The first-order valence-corrected chi connectivity index (χ1v) is 7.97. The molecule has 0 aliphatic carbocycles. The van der Waals surface area contributed by atoms with Crippen LogP contribution in [0.4, 0.5) is 5.95 Å². The van der Waals surface area contributed by atoms with Gasteiger partial charge in [-0.2, -0.15) is 4.98 Å². The zero-order chi connectivity index (χ0) is 14.1. The summed E-state index contributed by atoms with van der Waals surface area (Å²) >= 11 is 8.34. The first-order chi connectivity index (χ1) is 9.63. The van der Waals surface area contributed by atoms with Gasteiger partial charge in [0.25, 0.3) is 0 Å². The highest BCUT2D eigenvalue weighted by molar-refractivity contribution is 14.1. The summed E-state index contributed by atoms with van der Waals surface area (Å²) in [6.45, 7) is 1.77. The lowest BCUT2D eigenvalue weighted by Gasteiger charge is -2.29. The van der Waals surface area contributed by atoms with Crippen molar-refractivity contribution < 1.29 is 0 Å². The van der Waals surface area contributed by atoms with Crippen molar-refractivity contribution in [3.63, 3.8) is 0 Å². The molecule has 0 radical (unpaired) electrons. The SMILES string of the molecule is NC1CCCN(c2n[nH]c(-c3ccc(I)c(Cl)c3)n2)C1. The Labute approximate surface area is 136 Å². The van der Waals surface area contributed by atoms with E-state index in [1.807, 2.05) is 18.2 Å². The molecule has 1 atom stereocenters. The quantitative estimate of drug-likeness (QED) is 0.756. The molecule has 1 aromatic carbocycles. The molecule has 0 spiro atoms. The Balaban J connectivity index is 1.84. The summed E-state index contributed by atoms with van der Waals surface area (Å²) in [5, 5.41) is 7.99. The van der Waals surface area contributed by atoms with Gasteiger partial charge in [0, 0.05) is 28.3 Å². The fraction of sp³-hybridized carbons (Fsp3) is 0.385. The summed E-state index contributed by atoms with van der Waals surface area (Å²) in [7, 11) is 0. The normalized spacial score (nSPS) is 19.4. The number of hydrogen-bond acceptors (Lipinski definition) is 4. The van der Waals surface area contributed by atoms with E-state index in [1.54, 1.807) is 0 Å². The highest BCUT2D eigenvalue weighted by Gasteiger charge is 2.20. The number of aromatic amines is 1. The van der Waals surface area contributed by atoms with Crippen LogP contribution in [-0.2, 0) is 0 Å². The van der Waals surface area contributed by atoms with Crippen molar-refractivity contribution in [2.24, 2.45) is 5.73 Å².